The Bertz CT molecular complexity index is 3440. The van der Waals surface area contributed by atoms with E-state index in [9.17, 15) is 0 Å². The number of furan rings is 1. The summed E-state index contributed by atoms with van der Waals surface area (Å²) in [5.74, 6) is 0. The standard InChI is InChI=1S/C55H37NOS/c1-55(2)49-19-7-5-15-43(49)47-33-40(27-29-50(47)55)56(38-25-21-34(22-26-38)36-24-30-52-48(32-36)44-16-6-8-20-51(44)57-52)39-13-9-12-37(31-39)42-17-10-18-45-46-28-23-35-11-3-4-14-41(35)53(46)58-54(42)45/h3-33H,1-2H3. The Balaban J connectivity index is 1.01. The maximum atomic E-state index is 6.15. The fourth-order valence-corrected chi connectivity index (χ4v) is 10.9. The van der Waals surface area contributed by atoms with E-state index in [1.54, 1.807) is 0 Å². The molecule has 0 aliphatic heterocycles. The van der Waals surface area contributed by atoms with E-state index in [0.29, 0.717) is 0 Å². The second-order valence-electron chi connectivity index (χ2n) is 16.1. The van der Waals surface area contributed by atoms with Crippen LogP contribution in [0, 0.1) is 0 Å². The molecule has 2 aromatic heterocycles. The number of hydrogen-bond donors (Lipinski definition) is 0. The van der Waals surface area contributed by atoms with Gasteiger partial charge in [0.2, 0.25) is 0 Å². The number of benzene rings is 9. The van der Waals surface area contributed by atoms with Crippen molar-refractivity contribution in [2.75, 3.05) is 4.90 Å². The number of nitrogens with zero attached hydrogens (tertiary/aromatic N) is 1. The molecule has 11 aromatic rings. The molecular formula is C55H37NOS. The van der Waals surface area contributed by atoms with Crippen LogP contribution in [-0.4, -0.2) is 0 Å². The topological polar surface area (TPSA) is 16.4 Å². The molecule has 0 saturated heterocycles. The van der Waals surface area contributed by atoms with Crippen LogP contribution < -0.4 is 4.90 Å². The summed E-state index contributed by atoms with van der Waals surface area (Å²) in [6.07, 6.45) is 0. The van der Waals surface area contributed by atoms with Gasteiger partial charge in [-0.1, -0.05) is 147 Å². The zero-order valence-corrected chi connectivity index (χ0v) is 33.0. The summed E-state index contributed by atoms with van der Waals surface area (Å²) < 4.78 is 8.82. The first-order chi connectivity index (χ1) is 28.5. The maximum absolute atomic E-state index is 6.15. The van der Waals surface area contributed by atoms with Crippen molar-refractivity contribution in [2.24, 2.45) is 0 Å². The van der Waals surface area contributed by atoms with Crippen LogP contribution in [0.4, 0.5) is 17.1 Å². The monoisotopic (exact) mass is 759 g/mol. The zero-order valence-electron chi connectivity index (χ0n) is 32.2. The molecule has 9 aromatic carbocycles. The molecule has 0 fully saturated rings. The Morgan fingerprint density at radius 3 is 1.98 bits per heavy atom. The molecule has 1 aliphatic carbocycles. The van der Waals surface area contributed by atoms with Gasteiger partial charge in [-0.2, -0.15) is 0 Å². The van der Waals surface area contributed by atoms with Gasteiger partial charge < -0.3 is 9.32 Å². The number of anilines is 3. The third kappa shape index (κ3) is 4.97. The molecule has 2 nitrogen and oxygen atoms in total. The first-order valence-corrected chi connectivity index (χ1v) is 20.8. The Morgan fingerprint density at radius 1 is 0.397 bits per heavy atom. The van der Waals surface area contributed by atoms with Gasteiger partial charge in [0.15, 0.2) is 0 Å². The largest absolute Gasteiger partial charge is 0.456 e. The molecule has 58 heavy (non-hydrogen) atoms. The average Bonchev–Trinajstić information content (AvgIpc) is 3.92. The molecule has 2 heterocycles. The van der Waals surface area contributed by atoms with Crippen molar-refractivity contribution < 1.29 is 4.42 Å². The van der Waals surface area contributed by atoms with E-state index >= 15 is 0 Å². The Kier molecular flexibility index (Phi) is 7.18. The number of fused-ring (bicyclic) bond motifs is 11. The highest BCUT2D eigenvalue weighted by Gasteiger charge is 2.35. The van der Waals surface area contributed by atoms with Gasteiger partial charge in [-0.3, -0.25) is 0 Å². The quantitative estimate of drug-likeness (QED) is 0.174. The molecule has 1 aliphatic rings. The third-order valence-corrected chi connectivity index (χ3v) is 13.8. The lowest BCUT2D eigenvalue weighted by molar-refractivity contribution is 0.660. The van der Waals surface area contributed by atoms with Crippen LogP contribution in [0.1, 0.15) is 25.0 Å². The van der Waals surface area contributed by atoms with Crippen molar-refractivity contribution in [2.45, 2.75) is 19.3 Å². The number of hydrogen-bond acceptors (Lipinski definition) is 3. The van der Waals surface area contributed by atoms with Crippen LogP contribution in [0.5, 0.6) is 0 Å². The van der Waals surface area contributed by atoms with Crippen molar-refractivity contribution in [1.29, 1.82) is 0 Å². The molecule has 12 rings (SSSR count). The molecule has 0 bridgehead atoms. The molecule has 0 N–H and O–H groups in total. The molecule has 0 atom stereocenters. The van der Waals surface area contributed by atoms with Gasteiger partial charge in [-0.05, 0) is 110 Å². The normalized spacial score (nSPS) is 13.1. The van der Waals surface area contributed by atoms with E-state index in [1.807, 2.05) is 23.5 Å². The molecule has 274 valence electrons. The van der Waals surface area contributed by atoms with E-state index in [4.69, 9.17) is 4.42 Å². The van der Waals surface area contributed by atoms with E-state index < -0.39 is 0 Å². The third-order valence-electron chi connectivity index (χ3n) is 12.5. The molecule has 0 amide bonds. The highest BCUT2D eigenvalue weighted by Crippen LogP contribution is 2.51. The summed E-state index contributed by atoms with van der Waals surface area (Å²) in [6.45, 7) is 4.69. The van der Waals surface area contributed by atoms with Gasteiger partial charge >= 0.3 is 0 Å². The summed E-state index contributed by atoms with van der Waals surface area (Å²) in [5, 5.41) is 7.50. The van der Waals surface area contributed by atoms with Gasteiger partial charge in [0.25, 0.3) is 0 Å². The van der Waals surface area contributed by atoms with E-state index in [2.05, 4.69) is 195 Å². The van der Waals surface area contributed by atoms with E-state index in [1.165, 1.54) is 75.5 Å². The van der Waals surface area contributed by atoms with Crippen LogP contribution in [0.15, 0.2) is 192 Å². The van der Waals surface area contributed by atoms with Gasteiger partial charge in [0.05, 0.1) is 0 Å². The average molecular weight is 760 g/mol. The SMILES string of the molecule is CC1(C)c2ccccc2-c2cc(N(c3ccc(-c4ccc5oc6ccccc6c5c4)cc3)c3cccc(-c4cccc5c4sc4c6ccccc6ccc54)c3)ccc21. The minimum Gasteiger partial charge on any atom is -0.456 e. The smallest absolute Gasteiger partial charge is 0.135 e. The van der Waals surface area contributed by atoms with E-state index in [0.717, 1.165) is 39.0 Å². The van der Waals surface area contributed by atoms with Gasteiger partial charge in [-0.15, -0.1) is 11.3 Å². The molecule has 3 heteroatoms. The Labute approximate surface area is 340 Å². The van der Waals surface area contributed by atoms with Gasteiger partial charge in [-0.25, -0.2) is 0 Å². The van der Waals surface area contributed by atoms with Crippen molar-refractivity contribution in [3.8, 4) is 33.4 Å². The molecule has 0 radical (unpaired) electrons. The Morgan fingerprint density at radius 2 is 1.07 bits per heavy atom. The minimum atomic E-state index is -0.0630. The minimum absolute atomic E-state index is 0.0630. The highest BCUT2D eigenvalue weighted by molar-refractivity contribution is 7.27. The maximum Gasteiger partial charge on any atom is 0.135 e. The van der Waals surface area contributed by atoms with Gasteiger partial charge in [0.1, 0.15) is 11.2 Å². The first kappa shape index (κ1) is 33.2. The summed E-state index contributed by atoms with van der Waals surface area (Å²) in [4.78, 5) is 2.42. The van der Waals surface area contributed by atoms with Crippen LogP contribution in [0.2, 0.25) is 0 Å². The second kappa shape index (κ2) is 12.5. The zero-order chi connectivity index (χ0) is 38.5. The van der Waals surface area contributed by atoms with Crippen molar-refractivity contribution in [3.63, 3.8) is 0 Å². The molecule has 0 unspecified atom stereocenters. The highest BCUT2D eigenvalue weighted by atomic mass is 32.1. The van der Waals surface area contributed by atoms with Crippen molar-refractivity contribution >= 4 is 81.3 Å². The molecule has 0 saturated carbocycles. The summed E-state index contributed by atoms with van der Waals surface area (Å²) in [6, 6.07) is 69.0. The lowest BCUT2D eigenvalue weighted by Gasteiger charge is -2.28. The summed E-state index contributed by atoms with van der Waals surface area (Å²) >= 11 is 1.91. The van der Waals surface area contributed by atoms with Crippen LogP contribution in [0.25, 0.3) is 86.3 Å². The van der Waals surface area contributed by atoms with Gasteiger partial charge in [0, 0.05) is 53.4 Å². The van der Waals surface area contributed by atoms with Crippen molar-refractivity contribution in [1.82, 2.24) is 0 Å². The summed E-state index contributed by atoms with van der Waals surface area (Å²) in [5.41, 5.74) is 15.3. The lowest BCUT2D eigenvalue weighted by Crippen LogP contribution is -2.15. The molecule has 0 spiro atoms. The number of rotatable bonds is 5. The fourth-order valence-electron chi connectivity index (χ4n) is 9.57. The number of para-hydroxylation sites is 1. The van der Waals surface area contributed by atoms with Crippen molar-refractivity contribution in [3.05, 3.63) is 199 Å². The number of thiophene rings is 1. The van der Waals surface area contributed by atoms with Crippen LogP contribution in [0.3, 0.4) is 0 Å². The van der Waals surface area contributed by atoms with Crippen LogP contribution >= 0.6 is 11.3 Å². The van der Waals surface area contributed by atoms with E-state index in [-0.39, 0.29) is 5.41 Å². The predicted molar refractivity (Wildman–Crippen MR) is 247 cm³/mol. The fraction of sp³-hybridized carbons (Fsp3) is 0.0545. The second-order valence-corrected chi connectivity index (χ2v) is 17.1. The summed E-state index contributed by atoms with van der Waals surface area (Å²) in [7, 11) is 0. The molecular weight excluding hydrogens is 723 g/mol. The Hall–Kier alpha value is -6.94. The first-order valence-electron chi connectivity index (χ1n) is 20.0. The lowest BCUT2D eigenvalue weighted by atomic mass is 9.82. The van der Waals surface area contributed by atoms with Crippen LogP contribution in [-0.2, 0) is 5.41 Å². The predicted octanol–water partition coefficient (Wildman–Crippen LogP) is 16.2.